The molecule has 0 radical (unpaired) electrons. The molecule has 1 heterocycles. The summed E-state index contributed by atoms with van der Waals surface area (Å²) in [7, 11) is -1.97. The van der Waals surface area contributed by atoms with Crippen LogP contribution in [0.5, 0.6) is 0 Å². The van der Waals surface area contributed by atoms with Gasteiger partial charge in [0.25, 0.3) is 0 Å². The molecule has 1 aromatic carbocycles. The molecule has 0 aliphatic carbocycles. The van der Waals surface area contributed by atoms with Crippen molar-refractivity contribution in [2.75, 3.05) is 31.6 Å². The Bertz CT molecular complexity index is 543. The van der Waals surface area contributed by atoms with E-state index < -0.39 is 10.0 Å². The molecule has 1 unspecified atom stereocenters. The Labute approximate surface area is 121 Å². The summed E-state index contributed by atoms with van der Waals surface area (Å²) in [6, 6.07) is 7.63. The number of piperidine rings is 1. The number of likely N-dealkylation sites (N-methyl/N-ethyl adjacent to an activating group) is 1. The van der Waals surface area contributed by atoms with Crippen LogP contribution in [0.1, 0.15) is 19.8 Å². The number of nitrogens with zero attached hydrogens (tertiary/aromatic N) is 1. The van der Waals surface area contributed by atoms with Crippen molar-refractivity contribution in [1.29, 1.82) is 0 Å². The summed E-state index contributed by atoms with van der Waals surface area (Å²) in [5, 5.41) is 3.45. The maximum Gasteiger partial charge on any atom is 0.242 e. The van der Waals surface area contributed by atoms with E-state index in [-0.39, 0.29) is 0 Å². The third-order valence-corrected chi connectivity index (χ3v) is 5.14. The SMILES string of the molecule is CCNC1CCCN(c2ccccc2S(=O)(=O)NC)C1. The van der Waals surface area contributed by atoms with E-state index in [4.69, 9.17) is 0 Å². The summed E-state index contributed by atoms with van der Waals surface area (Å²) < 4.78 is 26.6. The zero-order valence-electron chi connectivity index (χ0n) is 12.1. The highest BCUT2D eigenvalue weighted by molar-refractivity contribution is 7.89. The van der Waals surface area contributed by atoms with E-state index in [2.05, 4.69) is 21.9 Å². The van der Waals surface area contributed by atoms with E-state index in [1.165, 1.54) is 7.05 Å². The number of rotatable bonds is 5. The Morgan fingerprint density at radius 1 is 1.35 bits per heavy atom. The molecule has 1 saturated heterocycles. The van der Waals surface area contributed by atoms with Gasteiger partial charge in [0.05, 0.1) is 5.69 Å². The van der Waals surface area contributed by atoms with Gasteiger partial charge in [0, 0.05) is 19.1 Å². The van der Waals surface area contributed by atoms with E-state index >= 15 is 0 Å². The summed E-state index contributed by atoms with van der Waals surface area (Å²) in [4.78, 5) is 2.53. The first kappa shape index (κ1) is 15.3. The minimum atomic E-state index is -3.42. The Kier molecular flexibility index (Phi) is 5.01. The number of hydrogen-bond donors (Lipinski definition) is 2. The molecular formula is C14H23N3O2S. The van der Waals surface area contributed by atoms with Gasteiger partial charge in [-0.25, -0.2) is 13.1 Å². The third-order valence-electron chi connectivity index (χ3n) is 3.68. The van der Waals surface area contributed by atoms with Gasteiger partial charge in [-0.1, -0.05) is 19.1 Å². The maximum atomic E-state index is 12.1. The average Bonchev–Trinajstić information content (AvgIpc) is 2.48. The van der Waals surface area contributed by atoms with Crippen molar-refractivity contribution < 1.29 is 8.42 Å². The van der Waals surface area contributed by atoms with E-state index in [0.717, 1.165) is 38.2 Å². The van der Waals surface area contributed by atoms with Gasteiger partial charge in [-0.05, 0) is 38.6 Å². The van der Waals surface area contributed by atoms with E-state index in [9.17, 15) is 8.42 Å². The molecule has 2 rings (SSSR count). The van der Waals surface area contributed by atoms with Crippen LogP contribution in [-0.4, -0.2) is 41.1 Å². The van der Waals surface area contributed by atoms with Crippen LogP contribution in [0.4, 0.5) is 5.69 Å². The number of nitrogens with one attached hydrogen (secondary N) is 2. The first-order valence-electron chi connectivity index (χ1n) is 7.09. The molecular weight excluding hydrogens is 274 g/mol. The summed E-state index contributed by atoms with van der Waals surface area (Å²) in [6.45, 7) is 4.79. The molecule has 20 heavy (non-hydrogen) atoms. The lowest BCUT2D eigenvalue weighted by molar-refractivity contribution is 0.430. The Morgan fingerprint density at radius 3 is 2.80 bits per heavy atom. The van der Waals surface area contributed by atoms with Gasteiger partial charge in [-0.2, -0.15) is 0 Å². The molecule has 0 saturated carbocycles. The molecule has 1 aromatic rings. The molecule has 1 aliphatic heterocycles. The largest absolute Gasteiger partial charge is 0.369 e. The molecule has 0 amide bonds. The molecule has 1 fully saturated rings. The zero-order chi connectivity index (χ0) is 14.6. The molecule has 1 aliphatic rings. The predicted octanol–water partition coefficient (Wildman–Crippen LogP) is 1.17. The Morgan fingerprint density at radius 2 is 2.10 bits per heavy atom. The van der Waals surface area contributed by atoms with Gasteiger partial charge >= 0.3 is 0 Å². The standard InChI is InChI=1S/C14H23N3O2S/c1-3-16-12-7-6-10-17(11-12)13-8-4-5-9-14(13)20(18,19)15-2/h4-5,8-9,12,15-16H,3,6-7,10-11H2,1-2H3. The monoisotopic (exact) mass is 297 g/mol. The third kappa shape index (κ3) is 3.31. The second kappa shape index (κ2) is 6.56. The van der Waals surface area contributed by atoms with E-state index in [1.807, 2.05) is 12.1 Å². The van der Waals surface area contributed by atoms with Gasteiger partial charge in [0.1, 0.15) is 4.90 Å². The van der Waals surface area contributed by atoms with Crippen LogP contribution >= 0.6 is 0 Å². The van der Waals surface area contributed by atoms with Gasteiger partial charge in [-0.15, -0.1) is 0 Å². The highest BCUT2D eigenvalue weighted by Crippen LogP contribution is 2.27. The highest BCUT2D eigenvalue weighted by atomic mass is 32.2. The summed E-state index contributed by atoms with van der Waals surface area (Å²) in [5.41, 5.74) is 0.796. The van der Waals surface area contributed by atoms with Crippen LogP contribution in [0.25, 0.3) is 0 Å². The number of sulfonamides is 1. The Balaban J connectivity index is 2.29. The maximum absolute atomic E-state index is 12.1. The van der Waals surface area contributed by atoms with Crippen LogP contribution in [-0.2, 0) is 10.0 Å². The Hall–Kier alpha value is -1.11. The molecule has 2 N–H and O–H groups in total. The van der Waals surface area contributed by atoms with E-state index in [1.54, 1.807) is 12.1 Å². The molecule has 0 spiro atoms. The topological polar surface area (TPSA) is 61.4 Å². The number of para-hydroxylation sites is 1. The first-order chi connectivity index (χ1) is 9.58. The van der Waals surface area contributed by atoms with Crippen molar-refractivity contribution in [2.24, 2.45) is 0 Å². The van der Waals surface area contributed by atoms with Gasteiger partial charge in [-0.3, -0.25) is 0 Å². The van der Waals surface area contributed by atoms with E-state index in [0.29, 0.717) is 10.9 Å². The smallest absolute Gasteiger partial charge is 0.242 e. The molecule has 0 bridgehead atoms. The molecule has 1 atom stereocenters. The lowest BCUT2D eigenvalue weighted by Crippen LogP contribution is -2.46. The first-order valence-corrected chi connectivity index (χ1v) is 8.57. The van der Waals surface area contributed by atoms with Crippen molar-refractivity contribution >= 4 is 15.7 Å². The second-order valence-corrected chi connectivity index (χ2v) is 6.87. The lowest BCUT2D eigenvalue weighted by Gasteiger charge is -2.35. The van der Waals surface area contributed by atoms with Gasteiger partial charge in [0.15, 0.2) is 0 Å². The normalized spacial score (nSPS) is 20.1. The fourth-order valence-corrected chi connectivity index (χ4v) is 3.66. The molecule has 0 aromatic heterocycles. The van der Waals surface area contributed by atoms with Gasteiger partial charge in [0.2, 0.25) is 10.0 Å². The number of hydrogen-bond acceptors (Lipinski definition) is 4. The van der Waals surface area contributed by atoms with Crippen molar-refractivity contribution in [3.63, 3.8) is 0 Å². The average molecular weight is 297 g/mol. The van der Waals surface area contributed by atoms with Crippen molar-refractivity contribution in [3.8, 4) is 0 Å². The minimum Gasteiger partial charge on any atom is -0.369 e. The van der Waals surface area contributed by atoms with Crippen molar-refractivity contribution in [2.45, 2.75) is 30.7 Å². The van der Waals surface area contributed by atoms with Crippen LogP contribution in [0.15, 0.2) is 29.2 Å². The lowest BCUT2D eigenvalue weighted by atomic mass is 10.0. The predicted molar refractivity (Wildman–Crippen MR) is 81.6 cm³/mol. The van der Waals surface area contributed by atoms with Crippen LogP contribution in [0, 0.1) is 0 Å². The van der Waals surface area contributed by atoms with Crippen LogP contribution in [0.3, 0.4) is 0 Å². The van der Waals surface area contributed by atoms with Crippen molar-refractivity contribution in [3.05, 3.63) is 24.3 Å². The minimum absolute atomic E-state index is 0.361. The fourth-order valence-electron chi connectivity index (χ4n) is 2.71. The highest BCUT2D eigenvalue weighted by Gasteiger charge is 2.24. The molecule has 5 nitrogen and oxygen atoms in total. The number of benzene rings is 1. The summed E-state index contributed by atoms with van der Waals surface area (Å²) in [6.07, 6.45) is 2.22. The van der Waals surface area contributed by atoms with Gasteiger partial charge < -0.3 is 10.2 Å². The molecule has 6 heteroatoms. The molecule has 112 valence electrons. The number of anilines is 1. The summed E-state index contributed by atoms with van der Waals surface area (Å²) in [5.74, 6) is 0. The van der Waals surface area contributed by atoms with Crippen LogP contribution < -0.4 is 14.9 Å². The second-order valence-electron chi connectivity index (χ2n) is 5.02. The summed E-state index contributed by atoms with van der Waals surface area (Å²) >= 11 is 0. The quantitative estimate of drug-likeness (QED) is 0.856. The fraction of sp³-hybridized carbons (Fsp3) is 0.571. The van der Waals surface area contributed by atoms with Crippen molar-refractivity contribution in [1.82, 2.24) is 10.0 Å². The van der Waals surface area contributed by atoms with Crippen LogP contribution in [0.2, 0.25) is 0 Å². The zero-order valence-corrected chi connectivity index (χ0v) is 12.9.